The van der Waals surface area contributed by atoms with Crippen molar-refractivity contribution < 1.29 is 29.3 Å². The summed E-state index contributed by atoms with van der Waals surface area (Å²) in [4.78, 5) is 38.1. The van der Waals surface area contributed by atoms with E-state index in [1.807, 2.05) is 12.1 Å². The number of hydrogen-bond acceptors (Lipinski definition) is 6. The van der Waals surface area contributed by atoms with Gasteiger partial charge in [0, 0.05) is 30.4 Å². The van der Waals surface area contributed by atoms with Crippen molar-refractivity contribution in [3.63, 3.8) is 0 Å². The van der Waals surface area contributed by atoms with Gasteiger partial charge in [0.25, 0.3) is 0 Å². The number of piperidine rings is 1. The van der Waals surface area contributed by atoms with Crippen molar-refractivity contribution in [2.75, 3.05) is 39.8 Å². The van der Waals surface area contributed by atoms with E-state index in [0.717, 1.165) is 44.6 Å². The highest BCUT2D eigenvalue weighted by molar-refractivity contribution is 5.96. The van der Waals surface area contributed by atoms with Gasteiger partial charge < -0.3 is 35.8 Å². The monoisotopic (exact) mass is 542 g/mol. The molecule has 39 heavy (non-hydrogen) atoms. The van der Waals surface area contributed by atoms with E-state index in [4.69, 9.17) is 4.74 Å². The largest absolute Gasteiger partial charge is 0.497 e. The zero-order chi connectivity index (χ0) is 28.4. The molecule has 0 radical (unpaired) electrons. The number of unbranched alkanes of at least 4 members (excludes halogenated alkanes) is 1. The molecule has 2 amide bonds. The van der Waals surface area contributed by atoms with Crippen LogP contribution in [-0.4, -0.2) is 72.9 Å². The molecule has 1 fully saturated rings. The first kappa shape index (κ1) is 30.0. The SMILES string of the molecule is COc1cccc(C2CCN(CCCNC(=O)NCCCCC3C(C(=O)O)=C(C)NC(C)=C3C(=O)O)CC2)c1. The molecule has 0 unspecified atom stereocenters. The standard InChI is InChI=1S/C29H42N4O6/c1-19-25(27(34)35)24(26(28(36)37)20(2)32-19)10-4-5-13-30-29(38)31-14-7-15-33-16-11-21(12-17-33)22-8-6-9-23(18-22)39-3/h6,8-9,18,21,24,32H,4-5,7,10-17H2,1-3H3,(H,34,35)(H,36,37)(H2,30,31,38). The number of amides is 2. The second-order valence-electron chi connectivity index (χ2n) is 10.3. The first-order valence-corrected chi connectivity index (χ1v) is 13.7. The molecule has 10 nitrogen and oxygen atoms in total. The molecule has 214 valence electrons. The lowest BCUT2D eigenvalue weighted by Gasteiger charge is -2.32. The Hall–Kier alpha value is -3.53. The third-order valence-electron chi connectivity index (χ3n) is 7.64. The third-order valence-corrected chi connectivity index (χ3v) is 7.64. The Kier molecular flexibility index (Phi) is 11.2. The Morgan fingerprint density at radius 1 is 0.974 bits per heavy atom. The molecule has 2 aliphatic rings. The van der Waals surface area contributed by atoms with Gasteiger partial charge in [-0.15, -0.1) is 0 Å². The van der Waals surface area contributed by atoms with E-state index in [0.29, 0.717) is 49.7 Å². The normalized spacial score (nSPS) is 17.1. The average molecular weight is 543 g/mol. The summed E-state index contributed by atoms with van der Waals surface area (Å²) >= 11 is 0. The van der Waals surface area contributed by atoms with Crippen LogP contribution in [0, 0.1) is 5.92 Å². The van der Waals surface area contributed by atoms with Crippen molar-refractivity contribution in [1.29, 1.82) is 0 Å². The number of allylic oxidation sites excluding steroid dienone is 2. The highest BCUT2D eigenvalue weighted by atomic mass is 16.5. The zero-order valence-corrected chi connectivity index (χ0v) is 23.2. The van der Waals surface area contributed by atoms with Crippen LogP contribution in [0.3, 0.4) is 0 Å². The van der Waals surface area contributed by atoms with Crippen LogP contribution >= 0.6 is 0 Å². The van der Waals surface area contributed by atoms with Gasteiger partial charge in [-0.2, -0.15) is 0 Å². The van der Waals surface area contributed by atoms with E-state index in [-0.39, 0.29) is 17.2 Å². The quantitative estimate of drug-likeness (QED) is 0.238. The molecule has 1 saturated heterocycles. The summed E-state index contributed by atoms with van der Waals surface area (Å²) in [5.74, 6) is -1.46. The number of carboxylic acids is 2. The van der Waals surface area contributed by atoms with E-state index in [2.05, 4.69) is 33.0 Å². The lowest BCUT2D eigenvalue weighted by molar-refractivity contribution is -0.134. The number of urea groups is 1. The minimum absolute atomic E-state index is 0.0909. The maximum absolute atomic E-state index is 12.2. The molecular formula is C29H42N4O6. The Balaban J connectivity index is 1.29. The topological polar surface area (TPSA) is 140 Å². The number of rotatable bonds is 13. The summed E-state index contributed by atoms with van der Waals surface area (Å²) in [7, 11) is 1.69. The molecule has 5 N–H and O–H groups in total. The van der Waals surface area contributed by atoms with Crippen LogP contribution in [0.15, 0.2) is 46.8 Å². The van der Waals surface area contributed by atoms with Gasteiger partial charge in [-0.05, 0) is 89.2 Å². The number of aliphatic carboxylic acids is 2. The molecule has 0 aromatic heterocycles. The third kappa shape index (κ3) is 8.48. The second kappa shape index (κ2) is 14.6. The first-order valence-electron chi connectivity index (χ1n) is 13.7. The fraction of sp³-hybridized carbons (Fsp3) is 0.552. The number of carbonyl (C=O) groups excluding carboxylic acids is 1. The van der Waals surface area contributed by atoms with Crippen molar-refractivity contribution in [3.05, 3.63) is 52.4 Å². The van der Waals surface area contributed by atoms with Crippen molar-refractivity contribution in [2.45, 2.75) is 58.3 Å². The highest BCUT2D eigenvalue weighted by Gasteiger charge is 2.34. The van der Waals surface area contributed by atoms with Crippen LogP contribution in [0.2, 0.25) is 0 Å². The number of ether oxygens (including phenoxy) is 1. The summed E-state index contributed by atoms with van der Waals surface area (Å²) in [5, 5.41) is 27.8. The predicted molar refractivity (Wildman–Crippen MR) is 149 cm³/mol. The van der Waals surface area contributed by atoms with E-state index in [9.17, 15) is 24.6 Å². The first-order chi connectivity index (χ1) is 18.7. The van der Waals surface area contributed by atoms with E-state index in [1.165, 1.54) is 5.56 Å². The summed E-state index contributed by atoms with van der Waals surface area (Å²) in [6.45, 7) is 7.35. The van der Waals surface area contributed by atoms with Gasteiger partial charge >= 0.3 is 18.0 Å². The van der Waals surface area contributed by atoms with Crippen LogP contribution in [-0.2, 0) is 9.59 Å². The number of carboxylic acid groups (broad SMARTS) is 2. The minimum Gasteiger partial charge on any atom is -0.497 e. The zero-order valence-electron chi connectivity index (χ0n) is 23.2. The van der Waals surface area contributed by atoms with Crippen molar-refractivity contribution >= 4 is 18.0 Å². The highest BCUT2D eigenvalue weighted by Crippen LogP contribution is 2.34. The molecule has 2 aliphatic heterocycles. The number of benzene rings is 1. The van der Waals surface area contributed by atoms with Crippen LogP contribution in [0.4, 0.5) is 4.79 Å². The van der Waals surface area contributed by atoms with Gasteiger partial charge in [-0.3, -0.25) is 0 Å². The van der Waals surface area contributed by atoms with Gasteiger partial charge in [0.05, 0.1) is 18.3 Å². The number of hydrogen-bond donors (Lipinski definition) is 5. The molecule has 0 atom stereocenters. The molecule has 0 aliphatic carbocycles. The number of nitrogens with zero attached hydrogens (tertiary/aromatic N) is 1. The lowest BCUT2D eigenvalue weighted by atomic mass is 9.82. The molecule has 0 spiro atoms. The Morgan fingerprint density at radius 2 is 1.59 bits per heavy atom. The summed E-state index contributed by atoms with van der Waals surface area (Å²) in [6, 6.07) is 8.11. The average Bonchev–Trinajstić information content (AvgIpc) is 2.90. The van der Waals surface area contributed by atoms with Gasteiger partial charge in [0.2, 0.25) is 0 Å². The number of methoxy groups -OCH3 is 1. The number of nitrogens with one attached hydrogen (secondary N) is 3. The fourth-order valence-electron chi connectivity index (χ4n) is 5.62. The van der Waals surface area contributed by atoms with Crippen molar-refractivity contribution in [3.8, 4) is 5.75 Å². The maximum Gasteiger partial charge on any atom is 0.333 e. The van der Waals surface area contributed by atoms with Gasteiger partial charge in [0.15, 0.2) is 0 Å². The number of carbonyl (C=O) groups is 3. The summed E-state index contributed by atoms with van der Waals surface area (Å²) in [6.07, 6.45) is 4.70. The molecule has 10 heteroatoms. The molecule has 0 saturated carbocycles. The second-order valence-corrected chi connectivity index (χ2v) is 10.3. The van der Waals surface area contributed by atoms with E-state index in [1.54, 1.807) is 21.0 Å². The molecule has 3 rings (SSSR count). The maximum atomic E-state index is 12.2. The van der Waals surface area contributed by atoms with Crippen molar-refractivity contribution in [2.24, 2.45) is 5.92 Å². The Bertz CT molecular complexity index is 1060. The van der Waals surface area contributed by atoms with Crippen LogP contribution in [0.5, 0.6) is 5.75 Å². The smallest absolute Gasteiger partial charge is 0.333 e. The number of likely N-dealkylation sites (tertiary alicyclic amines) is 1. The summed E-state index contributed by atoms with van der Waals surface area (Å²) in [5.41, 5.74) is 2.45. The molecule has 0 bridgehead atoms. The Labute approximate surface area is 230 Å². The van der Waals surface area contributed by atoms with E-state index >= 15 is 0 Å². The minimum atomic E-state index is -1.12. The molecule has 1 aromatic rings. The molecule has 2 heterocycles. The van der Waals surface area contributed by atoms with Gasteiger partial charge in [-0.1, -0.05) is 18.6 Å². The summed E-state index contributed by atoms with van der Waals surface area (Å²) < 4.78 is 5.35. The fourth-order valence-corrected chi connectivity index (χ4v) is 5.62. The van der Waals surface area contributed by atoms with Crippen LogP contribution in [0.25, 0.3) is 0 Å². The van der Waals surface area contributed by atoms with E-state index < -0.39 is 17.9 Å². The van der Waals surface area contributed by atoms with Gasteiger partial charge in [0.1, 0.15) is 5.75 Å². The molecule has 1 aromatic carbocycles. The molecular weight excluding hydrogens is 500 g/mol. The Morgan fingerprint density at radius 3 is 2.18 bits per heavy atom. The van der Waals surface area contributed by atoms with Gasteiger partial charge in [-0.25, -0.2) is 14.4 Å². The predicted octanol–water partition coefficient (Wildman–Crippen LogP) is 3.67. The van der Waals surface area contributed by atoms with Crippen molar-refractivity contribution in [1.82, 2.24) is 20.9 Å². The lowest BCUT2D eigenvalue weighted by Crippen LogP contribution is -2.39. The van der Waals surface area contributed by atoms with Crippen LogP contribution < -0.4 is 20.7 Å². The van der Waals surface area contributed by atoms with Crippen LogP contribution in [0.1, 0.15) is 63.9 Å². The number of dihydropyridines is 1.